The Bertz CT molecular complexity index is 612. The van der Waals surface area contributed by atoms with E-state index in [-0.39, 0.29) is 17.2 Å². The molecule has 1 atom stereocenters. The van der Waals surface area contributed by atoms with Crippen LogP contribution in [-0.2, 0) is 11.2 Å². The lowest BCUT2D eigenvalue weighted by atomic mass is 10.1. The molecule has 3 rings (SSSR count). The number of H-pyrrole nitrogens is 1. The van der Waals surface area contributed by atoms with Crippen LogP contribution < -0.4 is 5.32 Å². The van der Waals surface area contributed by atoms with Gasteiger partial charge in [0.15, 0.2) is 0 Å². The highest BCUT2D eigenvalue weighted by atomic mass is 16.2. The molecule has 3 heteroatoms. The highest BCUT2D eigenvalue weighted by molar-refractivity contribution is 5.84. The Hall–Kier alpha value is -1.77. The molecule has 100 valence electrons. The van der Waals surface area contributed by atoms with Gasteiger partial charge in [-0.15, -0.1) is 0 Å². The molecule has 1 saturated carbocycles. The molecule has 1 aromatic carbocycles. The van der Waals surface area contributed by atoms with Gasteiger partial charge in [-0.3, -0.25) is 4.79 Å². The van der Waals surface area contributed by atoms with E-state index in [1.54, 1.807) is 0 Å². The van der Waals surface area contributed by atoms with E-state index in [1.807, 2.05) is 18.3 Å². The standard InChI is InChI=1S/C16H20N2O/c1-16(2)9-13(16)15(19)17-8-7-11-10-18-14-6-4-3-5-12(11)14/h3-6,10,13,18H,7-9H2,1-2H3,(H,17,19). The second-order valence-corrected chi connectivity index (χ2v) is 6.15. The molecule has 19 heavy (non-hydrogen) atoms. The van der Waals surface area contributed by atoms with Crippen LogP contribution in [0, 0.1) is 11.3 Å². The first-order valence-corrected chi connectivity index (χ1v) is 6.91. The maximum atomic E-state index is 11.9. The molecule has 0 spiro atoms. The second-order valence-electron chi connectivity index (χ2n) is 6.15. The number of aromatic amines is 1. The van der Waals surface area contributed by atoms with Gasteiger partial charge in [0.1, 0.15) is 0 Å². The maximum absolute atomic E-state index is 11.9. The molecule has 2 N–H and O–H groups in total. The average Bonchev–Trinajstić information content (AvgIpc) is 2.85. The van der Waals surface area contributed by atoms with Crippen molar-refractivity contribution in [1.29, 1.82) is 0 Å². The Kier molecular flexibility index (Phi) is 2.85. The van der Waals surface area contributed by atoms with Crippen molar-refractivity contribution < 1.29 is 4.79 Å². The largest absolute Gasteiger partial charge is 0.361 e. The van der Waals surface area contributed by atoms with Crippen LogP contribution in [0.2, 0.25) is 0 Å². The number of hydrogen-bond acceptors (Lipinski definition) is 1. The normalized spacial score (nSPS) is 20.4. The van der Waals surface area contributed by atoms with E-state index in [2.05, 4.69) is 36.3 Å². The van der Waals surface area contributed by atoms with Crippen LogP contribution in [0.4, 0.5) is 0 Å². The predicted molar refractivity (Wildman–Crippen MR) is 76.9 cm³/mol. The summed E-state index contributed by atoms with van der Waals surface area (Å²) in [7, 11) is 0. The number of aromatic nitrogens is 1. The number of para-hydroxylation sites is 1. The molecule has 1 heterocycles. The first kappa shape index (κ1) is 12.3. The summed E-state index contributed by atoms with van der Waals surface area (Å²) in [5.41, 5.74) is 2.64. The summed E-state index contributed by atoms with van der Waals surface area (Å²) in [5, 5.41) is 4.30. The third kappa shape index (κ3) is 2.37. The van der Waals surface area contributed by atoms with Gasteiger partial charge in [0.25, 0.3) is 0 Å². The summed E-state index contributed by atoms with van der Waals surface area (Å²) < 4.78 is 0. The molecule has 1 fully saturated rings. The van der Waals surface area contributed by atoms with Crippen molar-refractivity contribution in [2.75, 3.05) is 6.54 Å². The van der Waals surface area contributed by atoms with E-state index in [0.717, 1.165) is 18.4 Å². The molecule has 1 unspecified atom stereocenters. The van der Waals surface area contributed by atoms with E-state index in [0.29, 0.717) is 6.54 Å². The summed E-state index contributed by atoms with van der Waals surface area (Å²) >= 11 is 0. The smallest absolute Gasteiger partial charge is 0.223 e. The predicted octanol–water partition coefficient (Wildman–Crippen LogP) is 2.87. The summed E-state index contributed by atoms with van der Waals surface area (Å²) in [6.07, 6.45) is 3.94. The Morgan fingerprint density at radius 3 is 2.89 bits per heavy atom. The molecular formula is C16H20N2O. The Labute approximate surface area is 113 Å². The van der Waals surface area contributed by atoms with Crippen molar-refractivity contribution in [3.05, 3.63) is 36.0 Å². The molecule has 1 aromatic heterocycles. The minimum absolute atomic E-state index is 0.213. The van der Waals surface area contributed by atoms with Gasteiger partial charge in [-0.2, -0.15) is 0 Å². The Morgan fingerprint density at radius 2 is 2.16 bits per heavy atom. The molecule has 0 saturated heterocycles. The number of hydrogen-bond donors (Lipinski definition) is 2. The van der Waals surface area contributed by atoms with Crippen LogP contribution in [0.1, 0.15) is 25.8 Å². The highest BCUT2D eigenvalue weighted by Crippen LogP contribution is 2.51. The van der Waals surface area contributed by atoms with E-state index < -0.39 is 0 Å². The van der Waals surface area contributed by atoms with E-state index >= 15 is 0 Å². The molecule has 0 bridgehead atoms. The number of fused-ring (bicyclic) bond motifs is 1. The van der Waals surface area contributed by atoms with Crippen molar-refractivity contribution in [3.63, 3.8) is 0 Å². The summed E-state index contributed by atoms with van der Waals surface area (Å²) in [5.74, 6) is 0.431. The van der Waals surface area contributed by atoms with Crippen LogP contribution in [0.15, 0.2) is 30.5 Å². The fourth-order valence-corrected chi connectivity index (χ4v) is 2.70. The van der Waals surface area contributed by atoms with Gasteiger partial charge in [-0.25, -0.2) is 0 Å². The number of nitrogens with one attached hydrogen (secondary N) is 2. The molecule has 1 amide bonds. The Morgan fingerprint density at radius 1 is 1.42 bits per heavy atom. The zero-order valence-corrected chi connectivity index (χ0v) is 11.5. The lowest BCUT2D eigenvalue weighted by molar-refractivity contribution is -0.122. The molecule has 2 aromatic rings. The van der Waals surface area contributed by atoms with E-state index in [1.165, 1.54) is 10.9 Å². The minimum atomic E-state index is 0.213. The first-order valence-electron chi connectivity index (χ1n) is 6.91. The quantitative estimate of drug-likeness (QED) is 0.868. The van der Waals surface area contributed by atoms with Gasteiger partial charge >= 0.3 is 0 Å². The third-order valence-electron chi connectivity index (χ3n) is 4.20. The van der Waals surface area contributed by atoms with Gasteiger partial charge in [0.2, 0.25) is 5.91 Å². The number of benzene rings is 1. The fourth-order valence-electron chi connectivity index (χ4n) is 2.70. The zero-order chi connectivity index (χ0) is 13.5. The molecule has 3 nitrogen and oxygen atoms in total. The monoisotopic (exact) mass is 256 g/mol. The fraction of sp³-hybridized carbons (Fsp3) is 0.438. The van der Waals surface area contributed by atoms with Gasteiger partial charge in [0, 0.05) is 29.6 Å². The lowest BCUT2D eigenvalue weighted by Gasteiger charge is -2.06. The lowest BCUT2D eigenvalue weighted by Crippen LogP contribution is -2.28. The summed E-state index contributed by atoms with van der Waals surface area (Å²) in [6.45, 7) is 5.01. The summed E-state index contributed by atoms with van der Waals surface area (Å²) in [4.78, 5) is 15.2. The topological polar surface area (TPSA) is 44.9 Å². The number of amides is 1. The SMILES string of the molecule is CC1(C)CC1C(=O)NCCc1c[nH]c2ccccc12. The van der Waals surface area contributed by atoms with Crippen molar-refractivity contribution >= 4 is 16.8 Å². The second kappa shape index (κ2) is 4.41. The van der Waals surface area contributed by atoms with E-state index in [4.69, 9.17) is 0 Å². The maximum Gasteiger partial charge on any atom is 0.223 e. The van der Waals surface area contributed by atoms with Crippen LogP contribution in [0.3, 0.4) is 0 Å². The van der Waals surface area contributed by atoms with Gasteiger partial charge in [-0.05, 0) is 29.9 Å². The Balaban J connectivity index is 1.57. The van der Waals surface area contributed by atoms with Crippen LogP contribution in [-0.4, -0.2) is 17.4 Å². The van der Waals surface area contributed by atoms with Crippen molar-refractivity contribution in [2.45, 2.75) is 26.7 Å². The van der Waals surface area contributed by atoms with Gasteiger partial charge in [-0.1, -0.05) is 32.0 Å². The first-order chi connectivity index (χ1) is 9.08. The van der Waals surface area contributed by atoms with Crippen LogP contribution in [0.25, 0.3) is 10.9 Å². The average molecular weight is 256 g/mol. The van der Waals surface area contributed by atoms with Gasteiger partial charge in [0.05, 0.1) is 0 Å². The molecule has 1 aliphatic carbocycles. The molecule has 0 aliphatic heterocycles. The third-order valence-corrected chi connectivity index (χ3v) is 4.20. The van der Waals surface area contributed by atoms with Crippen molar-refractivity contribution in [1.82, 2.24) is 10.3 Å². The number of rotatable bonds is 4. The molecule has 1 aliphatic rings. The highest BCUT2D eigenvalue weighted by Gasteiger charge is 2.50. The van der Waals surface area contributed by atoms with Crippen LogP contribution in [0.5, 0.6) is 0 Å². The molecule has 0 radical (unpaired) electrons. The summed E-state index contributed by atoms with van der Waals surface area (Å²) in [6, 6.07) is 8.27. The minimum Gasteiger partial charge on any atom is -0.361 e. The zero-order valence-electron chi connectivity index (χ0n) is 11.5. The van der Waals surface area contributed by atoms with Crippen molar-refractivity contribution in [3.8, 4) is 0 Å². The number of carbonyl (C=O) groups excluding carboxylic acids is 1. The van der Waals surface area contributed by atoms with E-state index in [9.17, 15) is 4.79 Å². The number of carbonyl (C=O) groups is 1. The van der Waals surface area contributed by atoms with Gasteiger partial charge < -0.3 is 10.3 Å². The molecular weight excluding hydrogens is 236 g/mol. The van der Waals surface area contributed by atoms with Crippen LogP contribution >= 0.6 is 0 Å². The van der Waals surface area contributed by atoms with Crippen molar-refractivity contribution in [2.24, 2.45) is 11.3 Å².